The zero-order chi connectivity index (χ0) is 9.84. The number of nitrogens with zero attached hydrogens (tertiary/aromatic N) is 1. The van der Waals surface area contributed by atoms with Gasteiger partial charge in [-0.1, -0.05) is 23.7 Å². The monoisotopic (exact) mass is 199 g/mol. The molecule has 0 bridgehead atoms. The van der Waals surface area contributed by atoms with Crippen LogP contribution in [0.15, 0.2) is 24.3 Å². The molecule has 0 spiro atoms. The van der Waals surface area contributed by atoms with Gasteiger partial charge < -0.3 is 5.11 Å². The minimum absolute atomic E-state index is 0.346. The zero-order valence-electron chi connectivity index (χ0n) is 6.61. The van der Waals surface area contributed by atoms with Crippen molar-refractivity contribution in [3.8, 4) is 6.07 Å². The molecule has 0 heterocycles. The smallest absolute Gasteiger partial charge is 0.215 e. The van der Waals surface area contributed by atoms with Gasteiger partial charge in [-0.2, -0.15) is 5.26 Å². The molecule has 0 saturated carbocycles. The van der Waals surface area contributed by atoms with Gasteiger partial charge in [-0.3, -0.25) is 0 Å². The average molecular weight is 200 g/mol. The molecule has 0 unspecified atom stereocenters. The Bertz CT molecular complexity index is 319. The molecule has 0 aliphatic heterocycles. The lowest BCUT2D eigenvalue weighted by molar-refractivity contribution is 0.107. The molecular weight excluding hydrogens is 193 g/mol. The van der Waals surface area contributed by atoms with E-state index in [-0.39, 0.29) is 0 Å². The quantitative estimate of drug-likeness (QED) is 0.794. The summed E-state index contributed by atoms with van der Waals surface area (Å²) in [5.74, 6) is 0. The normalized spacial score (nSPS) is 14.6. The Morgan fingerprint density at radius 2 is 1.92 bits per heavy atom. The summed E-state index contributed by atoms with van der Waals surface area (Å²) in [6, 6.07) is 7.36. The van der Waals surface area contributed by atoms with Crippen LogP contribution in [0.1, 0.15) is 11.7 Å². The Morgan fingerprint density at radius 1 is 1.38 bits per heavy atom. The minimum atomic E-state index is -1.90. The summed E-state index contributed by atoms with van der Waals surface area (Å²) in [6.07, 6.45) is -3.30. The van der Waals surface area contributed by atoms with Crippen LogP contribution < -0.4 is 0 Å². The first-order chi connectivity index (χ1) is 6.15. The first kappa shape index (κ1) is 9.97. The van der Waals surface area contributed by atoms with Crippen LogP contribution in [-0.2, 0) is 0 Å². The molecule has 0 radical (unpaired) electrons. The molecule has 1 rings (SSSR count). The molecule has 2 atom stereocenters. The Balaban J connectivity index is 2.84. The third-order valence-corrected chi connectivity index (χ3v) is 1.86. The van der Waals surface area contributed by atoms with Gasteiger partial charge in [-0.25, -0.2) is 4.39 Å². The number of benzene rings is 1. The van der Waals surface area contributed by atoms with Crippen LogP contribution in [0.5, 0.6) is 0 Å². The van der Waals surface area contributed by atoms with Crippen molar-refractivity contribution in [3.63, 3.8) is 0 Å². The van der Waals surface area contributed by atoms with E-state index in [2.05, 4.69) is 0 Å². The first-order valence-electron chi connectivity index (χ1n) is 3.62. The molecule has 4 heteroatoms. The topological polar surface area (TPSA) is 44.0 Å². The van der Waals surface area contributed by atoms with E-state index in [1.165, 1.54) is 30.3 Å². The number of halogens is 2. The van der Waals surface area contributed by atoms with Gasteiger partial charge >= 0.3 is 0 Å². The third kappa shape index (κ3) is 2.41. The number of hydrogen-bond acceptors (Lipinski definition) is 2. The van der Waals surface area contributed by atoms with Crippen LogP contribution in [0.25, 0.3) is 0 Å². The van der Waals surface area contributed by atoms with Crippen molar-refractivity contribution in [2.24, 2.45) is 0 Å². The van der Waals surface area contributed by atoms with Crippen LogP contribution in [0.4, 0.5) is 4.39 Å². The van der Waals surface area contributed by atoms with Gasteiger partial charge in [-0.05, 0) is 17.7 Å². The maximum atomic E-state index is 12.7. The summed E-state index contributed by atoms with van der Waals surface area (Å²) in [4.78, 5) is 0. The van der Waals surface area contributed by atoms with Crippen LogP contribution >= 0.6 is 11.6 Å². The highest BCUT2D eigenvalue weighted by Gasteiger charge is 2.18. The molecule has 0 aromatic heterocycles. The molecule has 68 valence electrons. The van der Waals surface area contributed by atoms with E-state index in [4.69, 9.17) is 16.9 Å². The third-order valence-electron chi connectivity index (χ3n) is 1.61. The van der Waals surface area contributed by atoms with Crippen molar-refractivity contribution in [2.45, 2.75) is 12.3 Å². The molecule has 0 aliphatic rings. The Kier molecular flexibility index (Phi) is 3.24. The lowest BCUT2D eigenvalue weighted by atomic mass is 10.1. The fourth-order valence-corrected chi connectivity index (χ4v) is 1.03. The van der Waals surface area contributed by atoms with Crippen molar-refractivity contribution < 1.29 is 9.50 Å². The predicted octanol–water partition coefficient (Wildman–Crippen LogP) is 2.24. The zero-order valence-corrected chi connectivity index (χ0v) is 7.37. The highest BCUT2D eigenvalue weighted by atomic mass is 35.5. The number of hydrogen-bond donors (Lipinski definition) is 1. The van der Waals surface area contributed by atoms with E-state index in [9.17, 15) is 9.50 Å². The van der Waals surface area contributed by atoms with Crippen molar-refractivity contribution in [3.05, 3.63) is 34.9 Å². The van der Waals surface area contributed by atoms with Crippen LogP contribution in [0, 0.1) is 11.3 Å². The standard InChI is InChI=1S/C9H7ClFNO/c10-7-3-1-6(2-4-7)9(13)8(11)5-12/h1-4,8-9,13H/t8-,9-/m0/s1. The van der Waals surface area contributed by atoms with Gasteiger partial charge in [0.05, 0.1) is 0 Å². The lowest BCUT2D eigenvalue weighted by Crippen LogP contribution is -2.10. The molecule has 0 aliphatic carbocycles. The minimum Gasteiger partial charge on any atom is -0.384 e. The second kappa shape index (κ2) is 4.22. The van der Waals surface area contributed by atoms with Gasteiger partial charge in [0.25, 0.3) is 0 Å². The fraction of sp³-hybridized carbons (Fsp3) is 0.222. The number of nitriles is 1. The molecule has 1 aromatic carbocycles. The van der Waals surface area contributed by atoms with Crippen LogP contribution in [0.3, 0.4) is 0 Å². The molecule has 0 fully saturated rings. The number of aliphatic hydroxyl groups excluding tert-OH is 1. The van der Waals surface area contributed by atoms with Gasteiger partial charge in [0, 0.05) is 5.02 Å². The molecule has 1 N–H and O–H groups in total. The summed E-state index contributed by atoms with van der Waals surface area (Å²) >= 11 is 5.59. The maximum absolute atomic E-state index is 12.7. The Morgan fingerprint density at radius 3 is 2.38 bits per heavy atom. The number of aliphatic hydroxyl groups is 1. The second-order valence-electron chi connectivity index (χ2n) is 2.53. The summed E-state index contributed by atoms with van der Waals surface area (Å²) in [5.41, 5.74) is 0.346. The molecule has 0 saturated heterocycles. The van der Waals surface area contributed by atoms with Crippen molar-refractivity contribution in [1.82, 2.24) is 0 Å². The largest absolute Gasteiger partial charge is 0.384 e. The summed E-state index contributed by atoms with van der Waals surface area (Å²) in [6.45, 7) is 0. The van der Waals surface area contributed by atoms with E-state index >= 15 is 0 Å². The lowest BCUT2D eigenvalue weighted by Gasteiger charge is -2.09. The van der Waals surface area contributed by atoms with Gasteiger partial charge in [0.15, 0.2) is 0 Å². The number of rotatable bonds is 2. The summed E-state index contributed by atoms with van der Waals surface area (Å²) < 4.78 is 12.7. The molecule has 0 amide bonds. The molecule has 13 heavy (non-hydrogen) atoms. The predicted molar refractivity (Wildman–Crippen MR) is 46.9 cm³/mol. The molecule has 1 aromatic rings. The SMILES string of the molecule is N#C[C@H](F)[C@@H](O)c1ccc(Cl)cc1. The van der Waals surface area contributed by atoms with E-state index in [1.54, 1.807) is 0 Å². The van der Waals surface area contributed by atoms with Crippen molar-refractivity contribution >= 4 is 11.6 Å². The van der Waals surface area contributed by atoms with E-state index < -0.39 is 12.3 Å². The second-order valence-corrected chi connectivity index (χ2v) is 2.96. The Hall–Kier alpha value is -1.11. The first-order valence-corrected chi connectivity index (χ1v) is 4.00. The summed E-state index contributed by atoms with van der Waals surface area (Å²) in [5, 5.41) is 18.0. The van der Waals surface area contributed by atoms with E-state index in [0.29, 0.717) is 10.6 Å². The highest BCUT2D eigenvalue weighted by Crippen LogP contribution is 2.20. The molecular formula is C9H7ClFNO. The fourth-order valence-electron chi connectivity index (χ4n) is 0.900. The van der Waals surface area contributed by atoms with E-state index in [1.807, 2.05) is 0 Å². The highest BCUT2D eigenvalue weighted by molar-refractivity contribution is 6.30. The summed E-state index contributed by atoms with van der Waals surface area (Å²) in [7, 11) is 0. The van der Waals surface area contributed by atoms with Crippen LogP contribution in [-0.4, -0.2) is 11.3 Å². The van der Waals surface area contributed by atoms with Crippen molar-refractivity contribution in [2.75, 3.05) is 0 Å². The van der Waals surface area contributed by atoms with Crippen LogP contribution in [0.2, 0.25) is 5.02 Å². The van der Waals surface area contributed by atoms with Crippen molar-refractivity contribution in [1.29, 1.82) is 5.26 Å². The van der Waals surface area contributed by atoms with Gasteiger partial charge in [-0.15, -0.1) is 0 Å². The van der Waals surface area contributed by atoms with Gasteiger partial charge in [0.2, 0.25) is 6.17 Å². The van der Waals surface area contributed by atoms with Gasteiger partial charge in [0.1, 0.15) is 12.2 Å². The van der Waals surface area contributed by atoms with E-state index in [0.717, 1.165) is 0 Å². The average Bonchev–Trinajstić information content (AvgIpc) is 2.17. The maximum Gasteiger partial charge on any atom is 0.215 e. The number of alkyl halides is 1. The Labute approximate surface area is 80.2 Å². The molecule has 2 nitrogen and oxygen atoms in total.